The Bertz CT molecular complexity index is 302. The Kier molecular flexibility index (Phi) is 2.01. The first-order valence-corrected chi connectivity index (χ1v) is 3.39. The lowest BCUT2D eigenvalue weighted by molar-refractivity contribution is -0.132. The van der Waals surface area contributed by atoms with E-state index in [1.54, 1.807) is 6.08 Å². The zero-order valence-electron chi connectivity index (χ0n) is 6.45. The van der Waals surface area contributed by atoms with Gasteiger partial charge in [-0.15, -0.1) is 0 Å². The average molecular weight is 166 g/mol. The van der Waals surface area contributed by atoms with Gasteiger partial charge < -0.3 is 16.6 Å². The smallest absolute Gasteiger partial charge is 0.337 e. The summed E-state index contributed by atoms with van der Waals surface area (Å²) < 4.78 is 0. The Hall–Kier alpha value is -1.55. The molecule has 0 amide bonds. The maximum Gasteiger partial charge on any atom is 0.337 e. The molecule has 1 aliphatic carbocycles. The number of hydrogen-bond donors (Lipinski definition) is 3. The Morgan fingerprint density at radius 2 is 2.17 bits per heavy atom. The van der Waals surface area contributed by atoms with E-state index < -0.39 is 12.0 Å². The van der Waals surface area contributed by atoms with Gasteiger partial charge in [0.05, 0.1) is 11.6 Å². The van der Waals surface area contributed by atoms with Crippen molar-refractivity contribution in [2.24, 2.45) is 11.5 Å². The lowest BCUT2D eigenvalue weighted by Crippen LogP contribution is -2.33. The molecule has 0 aromatic heterocycles. The van der Waals surface area contributed by atoms with Crippen molar-refractivity contribution in [3.63, 3.8) is 0 Å². The molecule has 0 fully saturated rings. The van der Waals surface area contributed by atoms with Crippen molar-refractivity contribution in [1.29, 1.82) is 0 Å². The number of hydrogen-bond acceptors (Lipinski definition) is 3. The topological polar surface area (TPSA) is 89.3 Å². The number of carbonyl (C=O) groups is 1. The maximum absolute atomic E-state index is 10.5. The van der Waals surface area contributed by atoms with Crippen LogP contribution in [-0.2, 0) is 4.79 Å². The van der Waals surface area contributed by atoms with Crippen LogP contribution in [0.4, 0.5) is 0 Å². The van der Waals surface area contributed by atoms with Gasteiger partial charge in [0.1, 0.15) is 0 Å². The van der Waals surface area contributed by atoms with Crippen molar-refractivity contribution < 1.29 is 9.90 Å². The summed E-state index contributed by atoms with van der Waals surface area (Å²) >= 11 is 0. The number of nitrogens with two attached hydrogens (primary N) is 2. The Balaban J connectivity index is 3.10. The Labute approximate surface area is 69.9 Å². The summed E-state index contributed by atoms with van der Waals surface area (Å²) in [5.74, 6) is -1.06. The highest BCUT2D eigenvalue weighted by molar-refractivity contribution is 5.91. The predicted molar refractivity (Wildman–Crippen MR) is 45.1 cm³/mol. The van der Waals surface area contributed by atoms with Crippen LogP contribution in [0.5, 0.6) is 0 Å². The lowest BCUT2D eigenvalue weighted by atomic mass is 9.96. The SMILES string of the molecule is C=C1C=CC(C(=O)O)=C(N)C1N. The van der Waals surface area contributed by atoms with Gasteiger partial charge in [-0.05, 0) is 11.6 Å². The molecule has 0 aliphatic heterocycles. The minimum Gasteiger partial charge on any atom is -0.478 e. The van der Waals surface area contributed by atoms with Gasteiger partial charge in [-0.25, -0.2) is 4.79 Å². The van der Waals surface area contributed by atoms with Gasteiger partial charge in [0.2, 0.25) is 0 Å². The molecule has 0 aromatic rings. The minimum atomic E-state index is -1.06. The molecule has 0 aromatic carbocycles. The largest absolute Gasteiger partial charge is 0.478 e. The van der Waals surface area contributed by atoms with Crippen LogP contribution in [0.2, 0.25) is 0 Å². The van der Waals surface area contributed by atoms with Gasteiger partial charge >= 0.3 is 5.97 Å². The van der Waals surface area contributed by atoms with Crippen molar-refractivity contribution in [3.05, 3.63) is 35.6 Å². The van der Waals surface area contributed by atoms with Crippen LogP contribution in [-0.4, -0.2) is 17.1 Å². The Morgan fingerprint density at radius 1 is 1.58 bits per heavy atom. The summed E-state index contributed by atoms with van der Waals surface area (Å²) in [6.45, 7) is 3.62. The summed E-state index contributed by atoms with van der Waals surface area (Å²) in [5, 5.41) is 8.64. The second-order valence-electron chi connectivity index (χ2n) is 2.56. The summed E-state index contributed by atoms with van der Waals surface area (Å²) in [5.41, 5.74) is 11.9. The third-order valence-corrected chi connectivity index (χ3v) is 1.74. The molecule has 0 saturated carbocycles. The fourth-order valence-electron chi connectivity index (χ4n) is 0.952. The molecule has 0 saturated heterocycles. The molecule has 4 nitrogen and oxygen atoms in total. The van der Waals surface area contributed by atoms with E-state index in [-0.39, 0.29) is 11.3 Å². The van der Waals surface area contributed by atoms with E-state index in [0.29, 0.717) is 5.57 Å². The van der Waals surface area contributed by atoms with E-state index in [1.807, 2.05) is 0 Å². The summed E-state index contributed by atoms with van der Waals surface area (Å²) in [6, 6.07) is -0.568. The highest BCUT2D eigenvalue weighted by atomic mass is 16.4. The maximum atomic E-state index is 10.5. The van der Waals surface area contributed by atoms with Crippen molar-refractivity contribution in [2.45, 2.75) is 6.04 Å². The van der Waals surface area contributed by atoms with E-state index in [1.165, 1.54) is 6.08 Å². The predicted octanol–water partition coefficient (Wildman–Crippen LogP) is -0.263. The second kappa shape index (κ2) is 2.83. The monoisotopic (exact) mass is 166 g/mol. The third-order valence-electron chi connectivity index (χ3n) is 1.74. The number of aliphatic carboxylic acids is 1. The van der Waals surface area contributed by atoms with Crippen LogP contribution >= 0.6 is 0 Å². The first-order chi connectivity index (χ1) is 5.54. The van der Waals surface area contributed by atoms with Crippen LogP contribution in [0.25, 0.3) is 0 Å². The molecular weight excluding hydrogens is 156 g/mol. The van der Waals surface area contributed by atoms with Crippen molar-refractivity contribution in [3.8, 4) is 0 Å². The van der Waals surface area contributed by atoms with Crippen molar-refractivity contribution >= 4 is 5.97 Å². The molecule has 1 rings (SSSR count). The summed E-state index contributed by atoms with van der Waals surface area (Å²) in [6.07, 6.45) is 2.97. The molecule has 1 aliphatic rings. The molecule has 0 radical (unpaired) electrons. The van der Waals surface area contributed by atoms with Crippen LogP contribution < -0.4 is 11.5 Å². The quantitative estimate of drug-likeness (QED) is 0.500. The van der Waals surface area contributed by atoms with Crippen molar-refractivity contribution in [2.75, 3.05) is 0 Å². The van der Waals surface area contributed by atoms with Gasteiger partial charge in [-0.3, -0.25) is 0 Å². The summed E-state index contributed by atoms with van der Waals surface area (Å²) in [7, 11) is 0. The molecule has 1 unspecified atom stereocenters. The minimum absolute atomic E-state index is 0.0508. The average Bonchev–Trinajstić information content (AvgIpc) is 2.00. The molecule has 12 heavy (non-hydrogen) atoms. The van der Waals surface area contributed by atoms with Crippen LogP contribution in [0.1, 0.15) is 0 Å². The lowest BCUT2D eigenvalue weighted by Gasteiger charge is -2.18. The van der Waals surface area contributed by atoms with E-state index in [2.05, 4.69) is 6.58 Å². The van der Waals surface area contributed by atoms with Gasteiger partial charge in [0.25, 0.3) is 0 Å². The fraction of sp³-hybridized carbons (Fsp3) is 0.125. The molecule has 1 atom stereocenters. The molecule has 0 spiro atoms. The van der Waals surface area contributed by atoms with Gasteiger partial charge in [0, 0.05) is 5.70 Å². The zero-order valence-corrected chi connectivity index (χ0v) is 6.45. The molecule has 5 N–H and O–H groups in total. The van der Waals surface area contributed by atoms with E-state index >= 15 is 0 Å². The third kappa shape index (κ3) is 1.24. The van der Waals surface area contributed by atoms with E-state index in [9.17, 15) is 4.79 Å². The Morgan fingerprint density at radius 3 is 2.67 bits per heavy atom. The van der Waals surface area contributed by atoms with E-state index in [0.717, 1.165) is 0 Å². The molecule has 64 valence electrons. The first-order valence-electron chi connectivity index (χ1n) is 3.39. The van der Waals surface area contributed by atoms with E-state index in [4.69, 9.17) is 16.6 Å². The molecule has 0 bridgehead atoms. The first kappa shape index (κ1) is 8.55. The summed E-state index contributed by atoms with van der Waals surface area (Å²) in [4.78, 5) is 10.5. The number of carboxylic acid groups (broad SMARTS) is 1. The fourth-order valence-corrected chi connectivity index (χ4v) is 0.952. The van der Waals surface area contributed by atoms with Gasteiger partial charge in [-0.2, -0.15) is 0 Å². The van der Waals surface area contributed by atoms with Crippen LogP contribution in [0.3, 0.4) is 0 Å². The number of rotatable bonds is 1. The van der Waals surface area contributed by atoms with Crippen LogP contribution in [0.15, 0.2) is 35.6 Å². The van der Waals surface area contributed by atoms with Crippen LogP contribution in [0, 0.1) is 0 Å². The highest BCUT2D eigenvalue weighted by Gasteiger charge is 2.20. The molecular formula is C8H10N2O2. The molecule has 4 heteroatoms. The van der Waals surface area contributed by atoms with Gasteiger partial charge in [0.15, 0.2) is 0 Å². The zero-order chi connectivity index (χ0) is 9.30. The number of carboxylic acids is 1. The van der Waals surface area contributed by atoms with Crippen molar-refractivity contribution in [1.82, 2.24) is 0 Å². The molecule has 0 heterocycles. The highest BCUT2D eigenvalue weighted by Crippen LogP contribution is 2.17. The normalized spacial score (nSPS) is 23.1. The second-order valence-corrected chi connectivity index (χ2v) is 2.56. The standard InChI is InChI=1S/C8H10N2O2/c1-4-2-3-5(8(11)12)7(10)6(4)9/h2-3,6H,1,9-10H2,(H,11,12). The van der Waals surface area contributed by atoms with Gasteiger partial charge in [-0.1, -0.05) is 12.7 Å².